The van der Waals surface area contributed by atoms with Crippen LogP contribution in [0, 0.1) is 0 Å². The zero-order valence-electron chi connectivity index (χ0n) is 20.3. The second-order valence-corrected chi connectivity index (χ2v) is 8.36. The van der Waals surface area contributed by atoms with Gasteiger partial charge in [0.05, 0.1) is 37.6 Å². The molecular weight excluding hydrogens is 464 g/mol. The summed E-state index contributed by atoms with van der Waals surface area (Å²) in [4.78, 5) is 53.3. The molecule has 10 nitrogen and oxygen atoms in total. The van der Waals surface area contributed by atoms with Crippen LogP contribution in [0.1, 0.15) is 37.4 Å². The quantitative estimate of drug-likeness (QED) is 0.384. The maximum atomic E-state index is 13.7. The third-order valence-electron chi connectivity index (χ3n) is 6.39. The van der Waals surface area contributed by atoms with E-state index in [0.29, 0.717) is 23.3 Å². The average molecular weight is 493 g/mol. The molecule has 4 rings (SSSR count). The van der Waals surface area contributed by atoms with Crippen molar-refractivity contribution in [1.82, 2.24) is 20.9 Å². The molecule has 188 valence electrons. The van der Waals surface area contributed by atoms with Crippen molar-refractivity contribution >= 4 is 23.9 Å². The number of carbonyl (C=O) groups excluding carboxylic acids is 4. The summed E-state index contributed by atoms with van der Waals surface area (Å²) in [5.41, 5.74) is 0.218. The lowest BCUT2D eigenvalue weighted by molar-refractivity contribution is -0.139. The molecule has 0 spiro atoms. The minimum absolute atomic E-state index is 0.116. The molecule has 2 atom stereocenters. The number of hydrogen-bond donors (Lipinski definition) is 3. The molecule has 36 heavy (non-hydrogen) atoms. The van der Waals surface area contributed by atoms with Crippen molar-refractivity contribution in [2.45, 2.75) is 31.8 Å². The Morgan fingerprint density at radius 1 is 1.03 bits per heavy atom. The molecule has 1 fully saturated rings. The number of imide groups is 1. The highest BCUT2D eigenvalue weighted by atomic mass is 16.5. The highest BCUT2D eigenvalue weighted by Crippen LogP contribution is 2.35. The molecule has 5 amide bonds. The molecule has 0 aromatic heterocycles. The first-order valence-electron chi connectivity index (χ1n) is 11.7. The number of nitrogens with one attached hydrogen (secondary N) is 3. The van der Waals surface area contributed by atoms with Gasteiger partial charge in [-0.15, -0.1) is 0 Å². The van der Waals surface area contributed by atoms with Gasteiger partial charge in [-0.1, -0.05) is 49.4 Å². The first-order valence-corrected chi connectivity index (χ1v) is 11.7. The van der Waals surface area contributed by atoms with Crippen molar-refractivity contribution in [1.29, 1.82) is 0 Å². The van der Waals surface area contributed by atoms with Gasteiger partial charge in [0.1, 0.15) is 11.3 Å². The summed E-state index contributed by atoms with van der Waals surface area (Å²) >= 11 is 0. The Kier molecular flexibility index (Phi) is 6.96. The summed E-state index contributed by atoms with van der Waals surface area (Å²) in [7, 11) is 1.54. The lowest BCUT2D eigenvalue weighted by Gasteiger charge is -2.31. The predicted molar refractivity (Wildman–Crippen MR) is 130 cm³/mol. The van der Waals surface area contributed by atoms with Gasteiger partial charge in [-0.05, 0) is 36.6 Å². The van der Waals surface area contributed by atoms with Crippen LogP contribution in [-0.2, 0) is 19.9 Å². The zero-order chi connectivity index (χ0) is 25.9. The summed E-state index contributed by atoms with van der Waals surface area (Å²) in [5, 5.41) is 8.16. The third-order valence-corrected chi connectivity index (χ3v) is 6.39. The van der Waals surface area contributed by atoms with Gasteiger partial charge < -0.3 is 25.4 Å². The van der Waals surface area contributed by atoms with E-state index in [-0.39, 0.29) is 24.4 Å². The number of amides is 5. The van der Waals surface area contributed by atoms with E-state index in [4.69, 9.17) is 9.47 Å². The van der Waals surface area contributed by atoms with Crippen molar-refractivity contribution in [3.8, 4) is 5.75 Å². The molecule has 3 N–H and O–H groups in total. The average Bonchev–Trinajstić information content (AvgIpc) is 3.14. The third kappa shape index (κ3) is 4.37. The van der Waals surface area contributed by atoms with E-state index < -0.39 is 35.5 Å². The number of methoxy groups -OCH3 is 1. The summed E-state index contributed by atoms with van der Waals surface area (Å²) in [6.45, 7) is 3.28. The first-order chi connectivity index (χ1) is 17.3. The lowest BCUT2D eigenvalue weighted by Crippen LogP contribution is -2.49. The number of ether oxygens (including phenoxy) is 2. The number of esters is 1. The van der Waals surface area contributed by atoms with Crippen LogP contribution in [-0.4, -0.2) is 49.1 Å². The van der Waals surface area contributed by atoms with Gasteiger partial charge in [-0.25, -0.2) is 14.4 Å². The molecule has 2 aliphatic rings. The Morgan fingerprint density at radius 2 is 1.72 bits per heavy atom. The van der Waals surface area contributed by atoms with Crippen molar-refractivity contribution in [2.24, 2.45) is 0 Å². The number of benzene rings is 2. The van der Waals surface area contributed by atoms with E-state index in [0.717, 1.165) is 4.90 Å². The second-order valence-electron chi connectivity index (χ2n) is 8.36. The molecule has 0 unspecified atom stereocenters. The first kappa shape index (κ1) is 24.8. The van der Waals surface area contributed by atoms with Crippen LogP contribution >= 0.6 is 0 Å². The minimum atomic E-state index is -1.29. The Labute approximate surface area is 208 Å². The monoisotopic (exact) mass is 492 g/mol. The summed E-state index contributed by atoms with van der Waals surface area (Å²) < 4.78 is 10.5. The highest BCUT2D eigenvalue weighted by molar-refractivity contribution is 6.08. The Balaban J connectivity index is 1.73. The molecule has 2 aliphatic heterocycles. The summed E-state index contributed by atoms with van der Waals surface area (Å²) in [6.07, 6.45) is 0.296. The van der Waals surface area contributed by atoms with Crippen molar-refractivity contribution in [3.63, 3.8) is 0 Å². The van der Waals surface area contributed by atoms with Crippen LogP contribution in [0.2, 0.25) is 0 Å². The van der Waals surface area contributed by atoms with Crippen LogP contribution in [0.15, 0.2) is 65.9 Å². The van der Waals surface area contributed by atoms with Gasteiger partial charge in [0.15, 0.2) is 0 Å². The molecule has 10 heteroatoms. The fraction of sp³-hybridized carbons (Fsp3) is 0.308. The van der Waals surface area contributed by atoms with E-state index in [1.165, 1.54) is 0 Å². The van der Waals surface area contributed by atoms with Crippen LogP contribution in [0.4, 0.5) is 9.59 Å². The number of carbonyl (C=O) groups is 4. The van der Waals surface area contributed by atoms with Gasteiger partial charge in [0.25, 0.3) is 5.91 Å². The topological polar surface area (TPSA) is 126 Å². The van der Waals surface area contributed by atoms with E-state index >= 15 is 0 Å². The molecule has 1 saturated heterocycles. The minimum Gasteiger partial charge on any atom is -0.497 e. The molecule has 0 bridgehead atoms. The van der Waals surface area contributed by atoms with Gasteiger partial charge in [-0.2, -0.15) is 0 Å². The summed E-state index contributed by atoms with van der Waals surface area (Å²) in [5.74, 6) is -0.523. The highest BCUT2D eigenvalue weighted by Gasteiger charge is 2.52. The van der Waals surface area contributed by atoms with E-state index in [1.54, 1.807) is 69.5 Å². The zero-order valence-corrected chi connectivity index (χ0v) is 20.3. The molecular formula is C26H28N4O6. The van der Waals surface area contributed by atoms with Crippen LogP contribution in [0.5, 0.6) is 5.75 Å². The maximum Gasteiger partial charge on any atom is 0.338 e. The molecule has 2 aromatic carbocycles. The largest absolute Gasteiger partial charge is 0.497 e. The number of nitrogens with zero attached hydrogens (tertiary/aromatic N) is 1. The van der Waals surface area contributed by atoms with Crippen LogP contribution < -0.4 is 20.7 Å². The second kappa shape index (κ2) is 10.1. The lowest BCUT2D eigenvalue weighted by atomic mass is 9.87. The number of urea groups is 2. The van der Waals surface area contributed by atoms with Crippen LogP contribution in [0.3, 0.4) is 0 Å². The SMILES string of the molecule is CCOC(=O)C1=C(CN2C(=O)N[C@@](CC)(c3ccc(OC)cc3)C2=O)NC(=O)N[C@@H]1c1ccccc1. The van der Waals surface area contributed by atoms with Crippen LogP contribution in [0.25, 0.3) is 0 Å². The predicted octanol–water partition coefficient (Wildman–Crippen LogP) is 2.72. The standard InChI is InChI=1S/C26H28N4O6/c1-4-26(17-11-13-18(35-3)14-12-17)23(32)30(25(34)29-26)15-19-20(22(31)36-5-2)21(28-24(33)27-19)16-9-7-6-8-10-16/h6-14,21H,4-5,15H2,1-3H3,(H,29,34)(H2,27,28,33)/t21-,26+/m1/s1. The Morgan fingerprint density at radius 3 is 2.33 bits per heavy atom. The fourth-order valence-corrected chi connectivity index (χ4v) is 4.53. The molecule has 0 aliphatic carbocycles. The summed E-state index contributed by atoms with van der Waals surface area (Å²) in [6, 6.07) is 13.8. The number of hydrogen-bond acceptors (Lipinski definition) is 6. The smallest absolute Gasteiger partial charge is 0.338 e. The van der Waals surface area contributed by atoms with Crippen molar-refractivity contribution in [3.05, 3.63) is 77.0 Å². The van der Waals surface area contributed by atoms with Gasteiger partial charge in [0.2, 0.25) is 0 Å². The van der Waals surface area contributed by atoms with E-state index in [2.05, 4.69) is 16.0 Å². The molecule has 0 saturated carbocycles. The Bertz CT molecular complexity index is 1210. The van der Waals surface area contributed by atoms with Crippen molar-refractivity contribution in [2.75, 3.05) is 20.3 Å². The normalized spacial score (nSPS) is 21.6. The maximum absolute atomic E-state index is 13.7. The van der Waals surface area contributed by atoms with E-state index in [9.17, 15) is 19.2 Å². The molecule has 0 radical (unpaired) electrons. The van der Waals surface area contributed by atoms with Gasteiger partial charge in [-0.3, -0.25) is 9.69 Å². The fourth-order valence-electron chi connectivity index (χ4n) is 4.53. The van der Waals surface area contributed by atoms with E-state index in [1.807, 2.05) is 6.07 Å². The van der Waals surface area contributed by atoms with Crippen molar-refractivity contribution < 1.29 is 28.7 Å². The van der Waals surface area contributed by atoms with Gasteiger partial charge in [0, 0.05) is 0 Å². The number of rotatable bonds is 8. The molecule has 2 aromatic rings. The molecule has 2 heterocycles. The Hall–Kier alpha value is -4.34. The van der Waals surface area contributed by atoms with Gasteiger partial charge >= 0.3 is 18.0 Å².